The molecule has 1 aliphatic heterocycles. The van der Waals surface area contributed by atoms with E-state index in [4.69, 9.17) is 16.3 Å². The zero-order chi connectivity index (χ0) is 24.1. The molecule has 3 aromatic rings. The second kappa shape index (κ2) is 10.4. The maximum absolute atomic E-state index is 12.8. The predicted octanol–water partition coefficient (Wildman–Crippen LogP) is 4.27. The summed E-state index contributed by atoms with van der Waals surface area (Å²) in [7, 11) is 1.58. The minimum absolute atomic E-state index is 0.111. The van der Waals surface area contributed by atoms with E-state index >= 15 is 0 Å². The van der Waals surface area contributed by atoms with Crippen LogP contribution in [-0.4, -0.2) is 31.4 Å². The van der Waals surface area contributed by atoms with Gasteiger partial charge in [-0.1, -0.05) is 29.8 Å². The van der Waals surface area contributed by atoms with E-state index in [1.54, 1.807) is 72.7 Å². The summed E-state index contributed by atoms with van der Waals surface area (Å²) in [6.07, 6.45) is 0.124. The number of carbonyl (C=O) groups excluding carboxylic acids is 3. The van der Waals surface area contributed by atoms with E-state index in [0.717, 1.165) is 11.3 Å². The van der Waals surface area contributed by atoms with E-state index in [-0.39, 0.29) is 30.7 Å². The first-order valence-corrected chi connectivity index (χ1v) is 11.2. The number of carbonyl (C=O) groups is 3. The summed E-state index contributed by atoms with van der Waals surface area (Å²) in [5.41, 5.74) is 2.57. The standard InChI is InChI=1S/C26H24ClN3O4/c1-34-23-11-9-22(10-12-23)30-16-19(14-24(30)31)26(33)29-21-4-2-3-18(13-21)25(32)28-15-17-5-7-20(27)8-6-17/h2-13,19H,14-16H2,1H3,(H,28,32)(H,29,33). The van der Waals surface area contributed by atoms with Crippen LogP contribution in [0.2, 0.25) is 5.02 Å². The lowest BCUT2D eigenvalue weighted by atomic mass is 10.1. The molecule has 1 fully saturated rings. The first kappa shape index (κ1) is 23.3. The van der Waals surface area contributed by atoms with E-state index in [2.05, 4.69) is 10.6 Å². The minimum atomic E-state index is -0.489. The number of methoxy groups -OCH3 is 1. The number of halogens is 1. The number of rotatable bonds is 7. The molecule has 0 radical (unpaired) electrons. The lowest BCUT2D eigenvalue weighted by Gasteiger charge is -2.17. The summed E-state index contributed by atoms with van der Waals surface area (Å²) in [5.74, 6) is -0.421. The molecule has 0 aromatic heterocycles. The van der Waals surface area contributed by atoms with Gasteiger partial charge in [-0.05, 0) is 60.2 Å². The normalized spacial score (nSPS) is 15.2. The van der Waals surface area contributed by atoms with Gasteiger partial charge in [-0.2, -0.15) is 0 Å². The molecule has 0 bridgehead atoms. The van der Waals surface area contributed by atoms with Gasteiger partial charge in [0, 0.05) is 41.5 Å². The van der Waals surface area contributed by atoms with Crippen LogP contribution in [0.5, 0.6) is 5.75 Å². The average molecular weight is 478 g/mol. The van der Waals surface area contributed by atoms with Crippen LogP contribution in [0.25, 0.3) is 0 Å². The molecular formula is C26H24ClN3O4. The topological polar surface area (TPSA) is 87.7 Å². The molecule has 1 aliphatic rings. The molecule has 7 nitrogen and oxygen atoms in total. The van der Waals surface area contributed by atoms with Crippen molar-refractivity contribution in [3.8, 4) is 5.75 Å². The van der Waals surface area contributed by atoms with Crippen molar-refractivity contribution in [3.63, 3.8) is 0 Å². The third-order valence-corrected chi connectivity index (χ3v) is 5.89. The van der Waals surface area contributed by atoms with Gasteiger partial charge < -0.3 is 20.3 Å². The van der Waals surface area contributed by atoms with Crippen LogP contribution in [0.3, 0.4) is 0 Å². The van der Waals surface area contributed by atoms with Gasteiger partial charge >= 0.3 is 0 Å². The van der Waals surface area contributed by atoms with E-state index in [0.29, 0.717) is 28.6 Å². The zero-order valence-corrected chi connectivity index (χ0v) is 19.3. The summed E-state index contributed by atoms with van der Waals surface area (Å²) in [6.45, 7) is 0.649. The monoisotopic (exact) mass is 477 g/mol. The highest BCUT2D eigenvalue weighted by Crippen LogP contribution is 2.27. The Morgan fingerprint density at radius 1 is 1.06 bits per heavy atom. The maximum Gasteiger partial charge on any atom is 0.251 e. The Hall–Kier alpha value is -3.84. The molecule has 4 rings (SSSR count). The highest BCUT2D eigenvalue weighted by Gasteiger charge is 2.35. The molecule has 0 spiro atoms. The lowest BCUT2D eigenvalue weighted by molar-refractivity contribution is -0.122. The number of hydrogen-bond acceptors (Lipinski definition) is 4. The number of ether oxygens (including phenoxy) is 1. The van der Waals surface area contributed by atoms with Crippen molar-refractivity contribution in [3.05, 3.63) is 88.9 Å². The van der Waals surface area contributed by atoms with Gasteiger partial charge in [-0.3, -0.25) is 14.4 Å². The second-order valence-corrected chi connectivity index (χ2v) is 8.42. The van der Waals surface area contributed by atoms with Crippen LogP contribution in [-0.2, 0) is 16.1 Å². The summed E-state index contributed by atoms with van der Waals surface area (Å²) < 4.78 is 5.15. The number of nitrogens with one attached hydrogen (secondary N) is 2. The van der Waals surface area contributed by atoms with Crippen molar-refractivity contribution in [1.29, 1.82) is 0 Å². The van der Waals surface area contributed by atoms with Crippen molar-refractivity contribution < 1.29 is 19.1 Å². The van der Waals surface area contributed by atoms with Gasteiger partial charge in [-0.25, -0.2) is 0 Å². The lowest BCUT2D eigenvalue weighted by Crippen LogP contribution is -2.28. The minimum Gasteiger partial charge on any atom is -0.497 e. The molecule has 3 aromatic carbocycles. The van der Waals surface area contributed by atoms with Gasteiger partial charge in [0.25, 0.3) is 5.91 Å². The average Bonchev–Trinajstić information content (AvgIpc) is 3.25. The Morgan fingerprint density at radius 2 is 1.79 bits per heavy atom. The van der Waals surface area contributed by atoms with Crippen LogP contribution < -0.4 is 20.3 Å². The van der Waals surface area contributed by atoms with Gasteiger partial charge in [0.2, 0.25) is 11.8 Å². The van der Waals surface area contributed by atoms with Crippen molar-refractivity contribution in [2.45, 2.75) is 13.0 Å². The molecule has 1 unspecified atom stereocenters. The summed E-state index contributed by atoms with van der Waals surface area (Å²) >= 11 is 5.89. The molecule has 0 aliphatic carbocycles. The van der Waals surface area contributed by atoms with Crippen molar-refractivity contribution in [1.82, 2.24) is 5.32 Å². The molecule has 2 N–H and O–H groups in total. The Kier molecular flexibility index (Phi) is 7.13. The summed E-state index contributed by atoms with van der Waals surface area (Å²) in [4.78, 5) is 39.5. The molecular weight excluding hydrogens is 454 g/mol. The van der Waals surface area contributed by atoms with E-state index < -0.39 is 5.92 Å². The first-order valence-electron chi connectivity index (χ1n) is 10.8. The largest absolute Gasteiger partial charge is 0.497 e. The zero-order valence-electron chi connectivity index (χ0n) is 18.6. The van der Waals surface area contributed by atoms with E-state index in [9.17, 15) is 14.4 Å². The van der Waals surface area contributed by atoms with Crippen molar-refractivity contribution in [2.75, 3.05) is 23.9 Å². The Labute approximate surface area is 202 Å². The fraction of sp³-hybridized carbons (Fsp3) is 0.192. The van der Waals surface area contributed by atoms with Crippen LogP contribution in [0.4, 0.5) is 11.4 Å². The van der Waals surface area contributed by atoms with Gasteiger partial charge in [0.05, 0.1) is 13.0 Å². The summed E-state index contributed by atoms with van der Waals surface area (Å²) in [6, 6.07) is 21.1. The van der Waals surface area contributed by atoms with E-state index in [1.807, 2.05) is 12.1 Å². The number of hydrogen-bond donors (Lipinski definition) is 2. The third-order valence-electron chi connectivity index (χ3n) is 5.64. The van der Waals surface area contributed by atoms with Crippen LogP contribution in [0.15, 0.2) is 72.8 Å². The molecule has 1 heterocycles. The SMILES string of the molecule is COc1ccc(N2CC(C(=O)Nc3cccc(C(=O)NCc4ccc(Cl)cc4)c3)CC2=O)cc1. The summed E-state index contributed by atoms with van der Waals surface area (Å²) in [5, 5.41) is 6.32. The quantitative estimate of drug-likeness (QED) is 0.532. The fourth-order valence-electron chi connectivity index (χ4n) is 3.76. The Balaban J connectivity index is 1.35. The van der Waals surface area contributed by atoms with Crippen LogP contribution in [0, 0.1) is 5.92 Å². The van der Waals surface area contributed by atoms with Gasteiger partial charge in [0.1, 0.15) is 5.75 Å². The molecule has 3 amide bonds. The number of anilines is 2. The van der Waals surface area contributed by atoms with Gasteiger partial charge in [0.15, 0.2) is 0 Å². The number of nitrogens with zero attached hydrogens (tertiary/aromatic N) is 1. The van der Waals surface area contributed by atoms with E-state index in [1.165, 1.54) is 0 Å². The van der Waals surface area contributed by atoms with Crippen molar-refractivity contribution in [2.24, 2.45) is 5.92 Å². The molecule has 0 saturated carbocycles. The van der Waals surface area contributed by atoms with Crippen molar-refractivity contribution >= 4 is 40.7 Å². The number of amides is 3. The van der Waals surface area contributed by atoms with Crippen LogP contribution >= 0.6 is 11.6 Å². The van der Waals surface area contributed by atoms with Crippen LogP contribution in [0.1, 0.15) is 22.3 Å². The Bertz CT molecular complexity index is 1200. The first-order chi connectivity index (χ1) is 16.4. The maximum atomic E-state index is 12.8. The molecule has 174 valence electrons. The van der Waals surface area contributed by atoms with Gasteiger partial charge in [-0.15, -0.1) is 0 Å². The highest BCUT2D eigenvalue weighted by atomic mass is 35.5. The smallest absolute Gasteiger partial charge is 0.251 e. The molecule has 1 saturated heterocycles. The third kappa shape index (κ3) is 5.55. The second-order valence-electron chi connectivity index (χ2n) is 7.98. The fourth-order valence-corrected chi connectivity index (χ4v) is 3.89. The predicted molar refractivity (Wildman–Crippen MR) is 131 cm³/mol. The molecule has 8 heteroatoms. The highest BCUT2D eigenvalue weighted by molar-refractivity contribution is 6.30. The molecule has 1 atom stereocenters. The Morgan fingerprint density at radius 3 is 2.50 bits per heavy atom. The molecule has 34 heavy (non-hydrogen) atoms. The number of benzene rings is 3.